The fourth-order valence-corrected chi connectivity index (χ4v) is 3.15. The number of nitrogens with one attached hydrogen (secondary N) is 1. The first-order valence-electron chi connectivity index (χ1n) is 7.31. The molecule has 1 heterocycles. The van der Waals surface area contributed by atoms with E-state index in [0.29, 0.717) is 10.6 Å². The van der Waals surface area contributed by atoms with Gasteiger partial charge in [0.25, 0.3) is 0 Å². The Morgan fingerprint density at radius 1 is 1.12 bits per heavy atom. The van der Waals surface area contributed by atoms with E-state index in [9.17, 15) is 13.6 Å². The highest BCUT2D eigenvalue weighted by atomic mass is 32.2. The lowest BCUT2D eigenvalue weighted by molar-refractivity contribution is -0.115. The summed E-state index contributed by atoms with van der Waals surface area (Å²) in [5.41, 5.74) is 1.46. The molecular formula is C18H14F2N2OS. The molecule has 1 N–H and O–H groups in total. The van der Waals surface area contributed by atoms with Gasteiger partial charge in [-0.3, -0.25) is 9.78 Å². The van der Waals surface area contributed by atoms with Gasteiger partial charge in [0.1, 0.15) is 0 Å². The van der Waals surface area contributed by atoms with Gasteiger partial charge in [0.15, 0.2) is 11.6 Å². The summed E-state index contributed by atoms with van der Waals surface area (Å²) in [6, 6.07) is 12.8. The number of carbonyl (C=O) groups excluding carboxylic acids is 1. The second kappa shape index (κ2) is 6.97. The third kappa shape index (κ3) is 3.54. The van der Waals surface area contributed by atoms with E-state index in [1.54, 1.807) is 25.3 Å². The predicted molar refractivity (Wildman–Crippen MR) is 92.0 cm³/mol. The van der Waals surface area contributed by atoms with Gasteiger partial charge in [-0.15, -0.1) is 11.8 Å². The van der Waals surface area contributed by atoms with Crippen LogP contribution in [-0.2, 0) is 4.79 Å². The van der Waals surface area contributed by atoms with Gasteiger partial charge in [-0.2, -0.15) is 0 Å². The lowest BCUT2D eigenvalue weighted by Gasteiger charge is -2.13. The summed E-state index contributed by atoms with van der Waals surface area (Å²) in [6.07, 6.45) is 1.69. The number of pyridine rings is 1. The first-order valence-corrected chi connectivity index (χ1v) is 8.19. The number of halogens is 2. The van der Waals surface area contributed by atoms with Crippen molar-refractivity contribution in [3.8, 4) is 0 Å². The van der Waals surface area contributed by atoms with Gasteiger partial charge in [-0.25, -0.2) is 8.78 Å². The Morgan fingerprint density at radius 3 is 2.75 bits per heavy atom. The first-order chi connectivity index (χ1) is 11.5. The minimum absolute atomic E-state index is 0.221. The average Bonchev–Trinajstić information content (AvgIpc) is 2.58. The maximum atomic E-state index is 13.3. The van der Waals surface area contributed by atoms with E-state index in [1.807, 2.05) is 18.2 Å². The van der Waals surface area contributed by atoms with Crippen molar-refractivity contribution in [1.82, 2.24) is 4.98 Å². The summed E-state index contributed by atoms with van der Waals surface area (Å²) in [4.78, 5) is 17.1. The molecule has 0 unspecified atom stereocenters. The standard InChI is InChI=1S/C18H14F2N2OS/c1-11(24-12-7-8-14(19)15(20)10-12)18(23)22-17-6-2-5-16-13(17)4-3-9-21-16/h2-11H,1H3,(H,22,23)/t11-/m0/s1. The van der Waals surface area contributed by atoms with E-state index in [4.69, 9.17) is 0 Å². The van der Waals surface area contributed by atoms with Crippen molar-refractivity contribution >= 4 is 34.3 Å². The second-order valence-electron chi connectivity index (χ2n) is 5.20. The Labute approximate surface area is 142 Å². The van der Waals surface area contributed by atoms with Crippen molar-refractivity contribution in [1.29, 1.82) is 0 Å². The van der Waals surface area contributed by atoms with E-state index < -0.39 is 16.9 Å². The van der Waals surface area contributed by atoms with Crippen LogP contribution in [0.1, 0.15) is 6.92 Å². The van der Waals surface area contributed by atoms with Gasteiger partial charge in [0, 0.05) is 16.5 Å². The van der Waals surface area contributed by atoms with Crippen LogP contribution in [0.2, 0.25) is 0 Å². The van der Waals surface area contributed by atoms with Crippen LogP contribution < -0.4 is 5.32 Å². The Hall–Kier alpha value is -2.47. The first kappa shape index (κ1) is 16.4. The topological polar surface area (TPSA) is 42.0 Å². The van der Waals surface area contributed by atoms with Crippen LogP contribution in [0.5, 0.6) is 0 Å². The van der Waals surface area contributed by atoms with E-state index in [0.717, 1.165) is 34.8 Å². The highest BCUT2D eigenvalue weighted by molar-refractivity contribution is 8.00. The van der Waals surface area contributed by atoms with Gasteiger partial charge in [0.2, 0.25) is 5.91 Å². The molecule has 0 aliphatic rings. The molecule has 122 valence electrons. The Balaban J connectivity index is 1.75. The fraction of sp³-hybridized carbons (Fsp3) is 0.111. The number of rotatable bonds is 4. The van der Waals surface area contributed by atoms with Gasteiger partial charge in [-0.05, 0) is 49.4 Å². The largest absolute Gasteiger partial charge is 0.324 e. The molecule has 0 bridgehead atoms. The molecule has 0 radical (unpaired) electrons. The molecule has 1 aromatic heterocycles. The van der Waals surface area contributed by atoms with Crippen molar-refractivity contribution in [2.24, 2.45) is 0 Å². The maximum absolute atomic E-state index is 13.3. The van der Waals surface area contributed by atoms with E-state index in [1.165, 1.54) is 6.07 Å². The summed E-state index contributed by atoms with van der Waals surface area (Å²) >= 11 is 1.16. The smallest absolute Gasteiger partial charge is 0.237 e. The molecule has 3 rings (SSSR count). The van der Waals surface area contributed by atoms with Gasteiger partial charge in [0.05, 0.1) is 16.5 Å². The number of hydrogen-bond acceptors (Lipinski definition) is 3. The number of anilines is 1. The zero-order valence-electron chi connectivity index (χ0n) is 12.8. The van der Waals surface area contributed by atoms with E-state index >= 15 is 0 Å². The number of hydrogen-bond donors (Lipinski definition) is 1. The van der Waals surface area contributed by atoms with E-state index in [-0.39, 0.29) is 5.91 Å². The number of aromatic nitrogens is 1. The zero-order valence-corrected chi connectivity index (χ0v) is 13.6. The zero-order chi connectivity index (χ0) is 17.1. The molecule has 1 atom stereocenters. The quantitative estimate of drug-likeness (QED) is 0.702. The molecule has 0 aliphatic heterocycles. The average molecular weight is 344 g/mol. The number of nitrogens with zero attached hydrogens (tertiary/aromatic N) is 1. The van der Waals surface area contributed by atoms with E-state index in [2.05, 4.69) is 10.3 Å². The summed E-state index contributed by atoms with van der Waals surface area (Å²) < 4.78 is 26.2. The Kier molecular flexibility index (Phi) is 4.76. The van der Waals surface area contributed by atoms with Crippen molar-refractivity contribution < 1.29 is 13.6 Å². The maximum Gasteiger partial charge on any atom is 0.237 e. The molecule has 0 spiro atoms. The number of fused-ring (bicyclic) bond motifs is 1. The number of amides is 1. The number of carbonyl (C=O) groups is 1. The molecular weight excluding hydrogens is 330 g/mol. The number of thioether (sulfide) groups is 1. The summed E-state index contributed by atoms with van der Waals surface area (Å²) in [7, 11) is 0. The minimum atomic E-state index is -0.923. The Bertz CT molecular complexity index is 896. The third-order valence-electron chi connectivity index (χ3n) is 3.48. The monoisotopic (exact) mass is 344 g/mol. The fourth-order valence-electron chi connectivity index (χ4n) is 2.25. The van der Waals surface area contributed by atoms with Crippen LogP contribution in [0.3, 0.4) is 0 Å². The van der Waals surface area contributed by atoms with Crippen LogP contribution >= 0.6 is 11.8 Å². The van der Waals surface area contributed by atoms with Crippen molar-refractivity contribution in [2.45, 2.75) is 17.1 Å². The molecule has 0 aliphatic carbocycles. The van der Waals surface area contributed by atoms with Crippen LogP contribution in [-0.4, -0.2) is 16.1 Å². The highest BCUT2D eigenvalue weighted by Gasteiger charge is 2.16. The van der Waals surface area contributed by atoms with Gasteiger partial charge >= 0.3 is 0 Å². The highest BCUT2D eigenvalue weighted by Crippen LogP contribution is 2.27. The second-order valence-corrected chi connectivity index (χ2v) is 6.62. The van der Waals surface area contributed by atoms with Crippen molar-refractivity contribution in [3.63, 3.8) is 0 Å². The summed E-state index contributed by atoms with van der Waals surface area (Å²) in [5, 5.41) is 3.24. The molecule has 24 heavy (non-hydrogen) atoms. The van der Waals surface area contributed by atoms with Crippen LogP contribution in [0.25, 0.3) is 10.9 Å². The Morgan fingerprint density at radius 2 is 1.96 bits per heavy atom. The van der Waals surface area contributed by atoms with Crippen LogP contribution in [0.15, 0.2) is 59.6 Å². The molecule has 0 saturated carbocycles. The lowest BCUT2D eigenvalue weighted by Crippen LogP contribution is -2.22. The molecule has 6 heteroatoms. The summed E-state index contributed by atoms with van der Waals surface area (Å²) in [5.74, 6) is -2.05. The third-order valence-corrected chi connectivity index (χ3v) is 4.57. The minimum Gasteiger partial charge on any atom is -0.324 e. The SMILES string of the molecule is C[C@H](Sc1ccc(F)c(F)c1)C(=O)Nc1cccc2ncccc12. The predicted octanol–water partition coefficient (Wildman–Crippen LogP) is 4.63. The molecule has 1 amide bonds. The van der Waals surface area contributed by atoms with Gasteiger partial charge < -0.3 is 5.32 Å². The normalized spacial score (nSPS) is 12.1. The molecule has 0 saturated heterocycles. The van der Waals surface area contributed by atoms with Gasteiger partial charge in [-0.1, -0.05) is 6.07 Å². The molecule has 3 nitrogen and oxygen atoms in total. The lowest BCUT2D eigenvalue weighted by atomic mass is 10.2. The summed E-state index contributed by atoms with van der Waals surface area (Å²) in [6.45, 7) is 1.71. The number of benzene rings is 2. The van der Waals surface area contributed by atoms with Crippen LogP contribution in [0.4, 0.5) is 14.5 Å². The molecule has 3 aromatic rings. The molecule has 0 fully saturated rings. The van der Waals surface area contributed by atoms with Crippen molar-refractivity contribution in [3.05, 3.63) is 66.4 Å². The van der Waals surface area contributed by atoms with Crippen molar-refractivity contribution in [2.75, 3.05) is 5.32 Å². The van der Waals surface area contributed by atoms with Crippen LogP contribution in [0, 0.1) is 11.6 Å². The molecule has 2 aromatic carbocycles.